The lowest BCUT2D eigenvalue weighted by Crippen LogP contribution is -2.51. The van der Waals surface area contributed by atoms with Crippen LogP contribution in [0.15, 0.2) is 24.3 Å². The fourth-order valence-corrected chi connectivity index (χ4v) is 1.82. The van der Waals surface area contributed by atoms with Gasteiger partial charge in [0.1, 0.15) is 12.6 Å². The summed E-state index contributed by atoms with van der Waals surface area (Å²) in [7, 11) is 0. The third-order valence-corrected chi connectivity index (χ3v) is 2.83. The van der Waals surface area contributed by atoms with E-state index in [2.05, 4.69) is 10.6 Å². The molecule has 0 radical (unpaired) electrons. The van der Waals surface area contributed by atoms with Gasteiger partial charge < -0.3 is 20.1 Å². The predicted molar refractivity (Wildman–Crippen MR) is 73.8 cm³/mol. The molecule has 2 rings (SSSR count). The maximum Gasteiger partial charge on any atom is 0.338 e. The lowest BCUT2D eigenvalue weighted by molar-refractivity contribution is -0.136. The molecule has 1 aromatic rings. The Balaban J connectivity index is 1.95. The van der Waals surface area contributed by atoms with Crippen LogP contribution in [0.3, 0.4) is 0 Å². The molecule has 112 valence electrons. The predicted octanol–water partition coefficient (Wildman–Crippen LogP) is 0.317. The smallest absolute Gasteiger partial charge is 0.338 e. The second-order valence-corrected chi connectivity index (χ2v) is 4.42. The van der Waals surface area contributed by atoms with Crippen molar-refractivity contribution < 1.29 is 23.9 Å². The number of hydrogen-bond donors (Lipinski definition) is 2. The summed E-state index contributed by atoms with van der Waals surface area (Å²) in [5.41, 5.74) is 0.928. The zero-order chi connectivity index (χ0) is 15.2. The van der Waals surface area contributed by atoms with Crippen LogP contribution >= 0.6 is 0 Å². The van der Waals surface area contributed by atoms with Crippen LogP contribution < -0.4 is 10.6 Å². The first-order valence-corrected chi connectivity index (χ1v) is 6.55. The maximum absolute atomic E-state index is 11.9. The molecule has 1 aromatic carbocycles. The Morgan fingerprint density at radius 1 is 1.38 bits per heavy atom. The first-order chi connectivity index (χ1) is 10.1. The Kier molecular flexibility index (Phi) is 4.89. The van der Waals surface area contributed by atoms with Crippen molar-refractivity contribution in [3.63, 3.8) is 0 Å². The molecule has 0 bridgehead atoms. The topological polar surface area (TPSA) is 93.7 Å². The van der Waals surface area contributed by atoms with Gasteiger partial charge in [0.2, 0.25) is 11.8 Å². The Morgan fingerprint density at radius 3 is 2.71 bits per heavy atom. The third kappa shape index (κ3) is 4.03. The number of carbonyl (C=O) groups excluding carboxylic acids is 3. The summed E-state index contributed by atoms with van der Waals surface area (Å²) in [4.78, 5) is 34.6. The van der Waals surface area contributed by atoms with Gasteiger partial charge in [-0.2, -0.15) is 0 Å². The molecule has 1 fully saturated rings. The van der Waals surface area contributed by atoms with Gasteiger partial charge in [0.15, 0.2) is 0 Å². The van der Waals surface area contributed by atoms with E-state index in [0.717, 1.165) is 0 Å². The molecular weight excluding hydrogens is 276 g/mol. The minimum Gasteiger partial charge on any atom is -0.462 e. The van der Waals surface area contributed by atoms with E-state index in [1.54, 1.807) is 31.2 Å². The molecule has 1 aliphatic heterocycles. The highest BCUT2D eigenvalue weighted by molar-refractivity contribution is 5.98. The summed E-state index contributed by atoms with van der Waals surface area (Å²) in [5.74, 6) is -1.10. The van der Waals surface area contributed by atoms with Crippen LogP contribution in [0.1, 0.15) is 17.3 Å². The number of anilines is 1. The summed E-state index contributed by atoms with van der Waals surface area (Å²) in [5, 5.41) is 5.18. The molecule has 0 spiro atoms. The van der Waals surface area contributed by atoms with Crippen LogP contribution in [0.2, 0.25) is 0 Å². The molecule has 1 aliphatic rings. The van der Waals surface area contributed by atoms with Crippen LogP contribution in [0.5, 0.6) is 0 Å². The second-order valence-electron chi connectivity index (χ2n) is 4.42. The highest BCUT2D eigenvalue weighted by Crippen LogP contribution is 2.11. The number of esters is 1. The molecule has 2 amide bonds. The highest BCUT2D eigenvalue weighted by atomic mass is 16.5. The van der Waals surface area contributed by atoms with Gasteiger partial charge in [-0.1, -0.05) is 0 Å². The molecular formula is C14H16N2O5. The molecule has 1 heterocycles. The fraction of sp³-hybridized carbons (Fsp3) is 0.357. The maximum atomic E-state index is 11.9. The zero-order valence-corrected chi connectivity index (χ0v) is 11.5. The van der Waals surface area contributed by atoms with E-state index in [9.17, 15) is 14.4 Å². The number of rotatable bonds is 4. The van der Waals surface area contributed by atoms with Crippen LogP contribution in [0.25, 0.3) is 0 Å². The third-order valence-electron chi connectivity index (χ3n) is 2.83. The molecule has 1 atom stereocenters. The van der Waals surface area contributed by atoms with Gasteiger partial charge in [0, 0.05) is 5.69 Å². The number of benzene rings is 1. The van der Waals surface area contributed by atoms with Gasteiger partial charge in [-0.25, -0.2) is 4.79 Å². The molecule has 7 nitrogen and oxygen atoms in total. The average molecular weight is 292 g/mol. The fourth-order valence-electron chi connectivity index (χ4n) is 1.82. The lowest BCUT2D eigenvalue weighted by Gasteiger charge is -2.22. The van der Waals surface area contributed by atoms with Crippen molar-refractivity contribution in [2.75, 3.05) is 25.1 Å². The van der Waals surface area contributed by atoms with E-state index in [4.69, 9.17) is 9.47 Å². The second kappa shape index (κ2) is 6.85. The number of nitrogens with one attached hydrogen (secondary N) is 2. The number of carbonyl (C=O) groups is 3. The number of hydrogen-bond acceptors (Lipinski definition) is 5. The molecule has 0 aliphatic carbocycles. The molecule has 2 N–H and O–H groups in total. The molecule has 7 heteroatoms. The molecule has 0 aromatic heterocycles. The van der Waals surface area contributed by atoms with Gasteiger partial charge in [-0.15, -0.1) is 0 Å². The van der Waals surface area contributed by atoms with E-state index < -0.39 is 12.0 Å². The zero-order valence-electron chi connectivity index (χ0n) is 11.5. The quantitative estimate of drug-likeness (QED) is 0.779. The normalized spacial score (nSPS) is 17.8. The minimum atomic E-state index is -0.712. The first kappa shape index (κ1) is 15.0. The van der Waals surface area contributed by atoms with Crippen LogP contribution in [-0.4, -0.2) is 43.6 Å². The Hall–Kier alpha value is -2.41. The molecule has 21 heavy (non-hydrogen) atoms. The van der Waals surface area contributed by atoms with Crippen LogP contribution in [-0.2, 0) is 19.1 Å². The Labute approximate surface area is 121 Å². The molecule has 1 saturated heterocycles. The lowest BCUT2D eigenvalue weighted by atomic mass is 10.2. The van der Waals surface area contributed by atoms with Gasteiger partial charge in [-0.3, -0.25) is 9.59 Å². The van der Waals surface area contributed by atoms with Crippen LogP contribution in [0.4, 0.5) is 5.69 Å². The van der Waals surface area contributed by atoms with Crippen molar-refractivity contribution >= 4 is 23.5 Å². The van der Waals surface area contributed by atoms with Crippen molar-refractivity contribution in [1.29, 1.82) is 0 Å². The van der Waals surface area contributed by atoms with Gasteiger partial charge in [0.05, 0.1) is 18.8 Å². The number of morpholine rings is 1. The largest absolute Gasteiger partial charge is 0.462 e. The SMILES string of the molecule is CCOC(=O)c1ccc(NC(=O)C2COCC(=O)N2)cc1. The van der Waals surface area contributed by atoms with Gasteiger partial charge >= 0.3 is 5.97 Å². The average Bonchev–Trinajstić information content (AvgIpc) is 2.48. The van der Waals surface area contributed by atoms with Crippen molar-refractivity contribution in [1.82, 2.24) is 5.32 Å². The van der Waals surface area contributed by atoms with E-state index in [0.29, 0.717) is 17.9 Å². The van der Waals surface area contributed by atoms with Crippen LogP contribution in [0, 0.1) is 0 Å². The molecule has 0 saturated carbocycles. The summed E-state index contributed by atoms with van der Waals surface area (Å²) in [6.07, 6.45) is 0. The van der Waals surface area contributed by atoms with E-state index in [1.807, 2.05) is 0 Å². The standard InChI is InChI=1S/C14H16N2O5/c1-2-21-14(19)9-3-5-10(6-4-9)15-13(18)11-7-20-8-12(17)16-11/h3-6,11H,2,7-8H2,1H3,(H,15,18)(H,16,17). The minimum absolute atomic E-state index is 0.0297. The monoisotopic (exact) mass is 292 g/mol. The number of amides is 2. The van der Waals surface area contributed by atoms with Gasteiger partial charge in [0.25, 0.3) is 0 Å². The van der Waals surface area contributed by atoms with Crippen molar-refractivity contribution in [2.24, 2.45) is 0 Å². The molecule has 1 unspecified atom stereocenters. The summed E-state index contributed by atoms with van der Waals surface area (Å²) in [6.45, 7) is 2.14. The van der Waals surface area contributed by atoms with Crippen molar-refractivity contribution in [3.8, 4) is 0 Å². The summed E-state index contributed by atoms with van der Waals surface area (Å²) in [6, 6.07) is 5.59. The number of ether oxygens (including phenoxy) is 2. The Morgan fingerprint density at radius 2 is 2.10 bits per heavy atom. The Bertz CT molecular complexity index is 541. The highest BCUT2D eigenvalue weighted by Gasteiger charge is 2.25. The van der Waals surface area contributed by atoms with Crippen molar-refractivity contribution in [2.45, 2.75) is 13.0 Å². The van der Waals surface area contributed by atoms with Crippen molar-refractivity contribution in [3.05, 3.63) is 29.8 Å². The van der Waals surface area contributed by atoms with Gasteiger partial charge in [-0.05, 0) is 31.2 Å². The van der Waals surface area contributed by atoms with E-state index >= 15 is 0 Å². The summed E-state index contributed by atoms with van der Waals surface area (Å²) >= 11 is 0. The first-order valence-electron chi connectivity index (χ1n) is 6.55. The summed E-state index contributed by atoms with van der Waals surface area (Å²) < 4.78 is 9.86. The van der Waals surface area contributed by atoms with E-state index in [-0.39, 0.29) is 25.0 Å². The van der Waals surface area contributed by atoms with E-state index in [1.165, 1.54) is 0 Å².